The molecule has 0 atom stereocenters. The van der Waals surface area contributed by atoms with Gasteiger partial charge in [0.15, 0.2) is 0 Å². The number of ether oxygens (including phenoxy) is 1. The maximum atomic E-state index is 11.9. The molecule has 0 aliphatic heterocycles. The first kappa shape index (κ1) is 15.4. The molecule has 0 radical (unpaired) electrons. The van der Waals surface area contributed by atoms with E-state index in [1.54, 1.807) is 24.3 Å². The first-order chi connectivity index (χ1) is 9.96. The third-order valence-corrected chi connectivity index (χ3v) is 4.10. The number of nitrogens with one attached hydrogen (secondary N) is 1. The second-order valence-electron chi connectivity index (χ2n) is 4.19. The maximum absolute atomic E-state index is 11.9. The Morgan fingerprint density at radius 3 is 2.62 bits per heavy atom. The number of nitrogen functional groups attached to an aromatic ring is 1. The number of rotatable bonds is 6. The fourth-order valence-corrected chi connectivity index (χ4v) is 2.62. The Bertz CT molecular complexity index is 705. The van der Waals surface area contributed by atoms with Crippen LogP contribution in [0.5, 0.6) is 5.75 Å². The van der Waals surface area contributed by atoms with E-state index in [1.165, 1.54) is 18.5 Å². The first-order valence-corrected chi connectivity index (χ1v) is 8.08. The molecule has 2 aromatic rings. The van der Waals surface area contributed by atoms with Crippen molar-refractivity contribution in [2.45, 2.75) is 0 Å². The van der Waals surface area contributed by atoms with Crippen LogP contribution in [0.15, 0.2) is 42.7 Å². The molecular formula is C13H14ClN3O3S. The Labute approximate surface area is 128 Å². The van der Waals surface area contributed by atoms with Gasteiger partial charge in [0.25, 0.3) is 0 Å². The number of nitrogens with two attached hydrogens (primary N) is 1. The van der Waals surface area contributed by atoms with Gasteiger partial charge in [-0.3, -0.25) is 9.71 Å². The van der Waals surface area contributed by atoms with Crippen LogP contribution in [0.4, 0.5) is 11.4 Å². The van der Waals surface area contributed by atoms with E-state index in [-0.39, 0.29) is 23.1 Å². The van der Waals surface area contributed by atoms with Gasteiger partial charge in [0.05, 0.1) is 16.9 Å². The Hall–Kier alpha value is -1.99. The molecule has 0 unspecified atom stereocenters. The Morgan fingerprint density at radius 1 is 1.24 bits per heavy atom. The molecule has 0 spiro atoms. The van der Waals surface area contributed by atoms with Gasteiger partial charge in [0.2, 0.25) is 10.0 Å². The molecule has 1 aromatic heterocycles. The molecule has 0 aliphatic carbocycles. The van der Waals surface area contributed by atoms with E-state index in [9.17, 15) is 8.42 Å². The Morgan fingerprint density at radius 2 is 1.95 bits per heavy atom. The lowest BCUT2D eigenvalue weighted by Gasteiger charge is -2.10. The molecule has 0 aliphatic rings. The van der Waals surface area contributed by atoms with Gasteiger partial charge in [-0.05, 0) is 30.3 Å². The molecular weight excluding hydrogens is 314 g/mol. The summed E-state index contributed by atoms with van der Waals surface area (Å²) in [5, 5.41) is 0.285. The quantitative estimate of drug-likeness (QED) is 0.793. The van der Waals surface area contributed by atoms with Gasteiger partial charge in [-0.15, -0.1) is 0 Å². The number of hydrogen-bond acceptors (Lipinski definition) is 5. The number of aromatic nitrogens is 1. The number of anilines is 2. The smallest absolute Gasteiger partial charge is 0.236 e. The molecule has 0 fully saturated rings. The van der Waals surface area contributed by atoms with Crippen LogP contribution >= 0.6 is 11.6 Å². The third-order valence-electron chi connectivity index (χ3n) is 2.53. The summed E-state index contributed by atoms with van der Waals surface area (Å²) in [7, 11) is -3.56. The normalized spacial score (nSPS) is 11.1. The fraction of sp³-hybridized carbons (Fsp3) is 0.154. The van der Waals surface area contributed by atoms with E-state index in [2.05, 4.69) is 9.71 Å². The molecule has 0 amide bonds. The number of benzene rings is 1. The van der Waals surface area contributed by atoms with E-state index >= 15 is 0 Å². The summed E-state index contributed by atoms with van der Waals surface area (Å²) < 4.78 is 31.5. The summed E-state index contributed by atoms with van der Waals surface area (Å²) >= 11 is 5.87. The molecule has 112 valence electrons. The molecule has 1 aromatic carbocycles. The van der Waals surface area contributed by atoms with E-state index < -0.39 is 10.0 Å². The van der Waals surface area contributed by atoms with Gasteiger partial charge in [-0.2, -0.15) is 0 Å². The van der Waals surface area contributed by atoms with Crippen LogP contribution < -0.4 is 15.2 Å². The van der Waals surface area contributed by atoms with Crippen LogP contribution in [0.1, 0.15) is 0 Å². The molecule has 0 bridgehead atoms. The molecule has 0 saturated carbocycles. The highest BCUT2D eigenvalue weighted by molar-refractivity contribution is 7.92. The van der Waals surface area contributed by atoms with Crippen LogP contribution in [0, 0.1) is 0 Å². The van der Waals surface area contributed by atoms with Gasteiger partial charge in [-0.1, -0.05) is 11.6 Å². The van der Waals surface area contributed by atoms with Crippen LogP contribution in [-0.4, -0.2) is 25.8 Å². The van der Waals surface area contributed by atoms with Crippen molar-refractivity contribution < 1.29 is 13.2 Å². The van der Waals surface area contributed by atoms with Gasteiger partial charge < -0.3 is 10.5 Å². The summed E-state index contributed by atoms with van der Waals surface area (Å²) in [5.74, 6) is 0.349. The number of hydrogen-bond donors (Lipinski definition) is 2. The minimum absolute atomic E-state index is 0.0110. The second-order valence-corrected chi connectivity index (χ2v) is 6.44. The SMILES string of the molecule is Nc1ccc(OCCS(=O)(=O)Nc2cnccc2Cl)cc1. The summed E-state index contributed by atoms with van der Waals surface area (Å²) in [6, 6.07) is 8.21. The molecule has 3 N–H and O–H groups in total. The van der Waals surface area contributed by atoms with Crippen molar-refractivity contribution in [3.63, 3.8) is 0 Å². The summed E-state index contributed by atoms with van der Waals surface area (Å²) in [6.45, 7) is 0.0110. The highest BCUT2D eigenvalue weighted by atomic mass is 35.5. The third kappa shape index (κ3) is 4.80. The van der Waals surface area contributed by atoms with Crippen molar-refractivity contribution in [3.05, 3.63) is 47.7 Å². The van der Waals surface area contributed by atoms with Crippen molar-refractivity contribution in [3.8, 4) is 5.75 Å². The minimum Gasteiger partial charge on any atom is -0.492 e. The number of sulfonamides is 1. The molecule has 8 heteroatoms. The Balaban J connectivity index is 1.90. The molecule has 21 heavy (non-hydrogen) atoms. The largest absolute Gasteiger partial charge is 0.492 e. The summed E-state index contributed by atoms with van der Waals surface area (Å²) in [5.41, 5.74) is 6.40. The topological polar surface area (TPSA) is 94.3 Å². The van der Waals surface area contributed by atoms with E-state index in [0.29, 0.717) is 11.4 Å². The van der Waals surface area contributed by atoms with Gasteiger partial charge in [0.1, 0.15) is 18.1 Å². The molecule has 1 heterocycles. The monoisotopic (exact) mass is 327 g/mol. The Kier molecular flexibility index (Phi) is 4.87. The predicted molar refractivity (Wildman–Crippen MR) is 83.0 cm³/mol. The zero-order valence-corrected chi connectivity index (χ0v) is 12.6. The van der Waals surface area contributed by atoms with Crippen molar-refractivity contribution in [1.29, 1.82) is 0 Å². The van der Waals surface area contributed by atoms with E-state index in [1.807, 2.05) is 0 Å². The summed E-state index contributed by atoms with van der Waals surface area (Å²) in [6.07, 6.45) is 2.82. The van der Waals surface area contributed by atoms with Crippen LogP contribution in [0.3, 0.4) is 0 Å². The minimum atomic E-state index is -3.56. The lowest BCUT2D eigenvalue weighted by atomic mass is 10.3. The van der Waals surface area contributed by atoms with Crippen LogP contribution in [0.25, 0.3) is 0 Å². The van der Waals surface area contributed by atoms with Crippen molar-refractivity contribution >= 4 is 33.0 Å². The molecule has 2 rings (SSSR count). The lowest BCUT2D eigenvalue weighted by Crippen LogP contribution is -2.21. The highest BCUT2D eigenvalue weighted by Crippen LogP contribution is 2.20. The lowest BCUT2D eigenvalue weighted by molar-refractivity contribution is 0.341. The average Bonchev–Trinajstić information content (AvgIpc) is 2.43. The van der Waals surface area contributed by atoms with Crippen LogP contribution in [-0.2, 0) is 10.0 Å². The second kappa shape index (κ2) is 6.64. The van der Waals surface area contributed by atoms with E-state index in [4.69, 9.17) is 22.1 Å². The fourth-order valence-electron chi connectivity index (χ4n) is 1.50. The molecule has 6 nitrogen and oxygen atoms in total. The highest BCUT2D eigenvalue weighted by Gasteiger charge is 2.12. The molecule has 0 saturated heterocycles. The van der Waals surface area contributed by atoms with Gasteiger partial charge in [0, 0.05) is 11.9 Å². The van der Waals surface area contributed by atoms with Crippen LogP contribution in [0.2, 0.25) is 5.02 Å². The van der Waals surface area contributed by atoms with Gasteiger partial charge >= 0.3 is 0 Å². The number of nitrogens with zero attached hydrogens (tertiary/aromatic N) is 1. The van der Waals surface area contributed by atoms with Crippen molar-refractivity contribution in [2.75, 3.05) is 22.8 Å². The first-order valence-electron chi connectivity index (χ1n) is 6.05. The number of halogens is 1. The zero-order chi connectivity index (χ0) is 15.3. The van der Waals surface area contributed by atoms with E-state index in [0.717, 1.165) is 0 Å². The van der Waals surface area contributed by atoms with Crippen molar-refractivity contribution in [1.82, 2.24) is 4.98 Å². The zero-order valence-electron chi connectivity index (χ0n) is 11.0. The van der Waals surface area contributed by atoms with Crippen molar-refractivity contribution in [2.24, 2.45) is 0 Å². The number of pyridine rings is 1. The standard InChI is InChI=1S/C13H14ClN3O3S/c14-12-5-6-16-9-13(12)17-21(18,19)8-7-20-11-3-1-10(15)2-4-11/h1-6,9,17H,7-8,15H2. The predicted octanol–water partition coefficient (Wildman–Crippen LogP) is 2.14. The summed E-state index contributed by atoms with van der Waals surface area (Å²) in [4.78, 5) is 3.81. The van der Waals surface area contributed by atoms with Gasteiger partial charge in [-0.25, -0.2) is 8.42 Å². The maximum Gasteiger partial charge on any atom is 0.236 e. The average molecular weight is 328 g/mol.